The molecule has 4 nitrogen and oxygen atoms in total. The number of hydrogen-bond acceptors (Lipinski definition) is 4. The molecular weight excluding hydrogens is 230 g/mol. The van der Waals surface area contributed by atoms with Crippen molar-refractivity contribution in [1.29, 1.82) is 0 Å². The summed E-state index contributed by atoms with van der Waals surface area (Å²) in [5.74, 6) is 2.24. The summed E-state index contributed by atoms with van der Waals surface area (Å²) >= 11 is 0. The second-order valence-corrected chi connectivity index (χ2v) is 5.25. The van der Waals surface area contributed by atoms with Crippen LogP contribution in [0.5, 0.6) is 17.2 Å². The zero-order valence-corrected chi connectivity index (χ0v) is 11.2. The van der Waals surface area contributed by atoms with E-state index < -0.39 is 0 Å². The van der Waals surface area contributed by atoms with E-state index in [2.05, 4.69) is 26.1 Å². The quantitative estimate of drug-likeness (QED) is 0.844. The van der Waals surface area contributed by atoms with Crippen molar-refractivity contribution in [2.24, 2.45) is 5.92 Å². The first-order valence-electron chi connectivity index (χ1n) is 6.41. The Kier molecular flexibility index (Phi) is 3.97. The van der Waals surface area contributed by atoms with Gasteiger partial charge in [-0.05, 0) is 25.3 Å². The lowest BCUT2D eigenvalue weighted by Crippen LogP contribution is -2.26. The Morgan fingerprint density at radius 3 is 2.56 bits per heavy atom. The van der Waals surface area contributed by atoms with E-state index in [-0.39, 0.29) is 12.5 Å². The highest BCUT2D eigenvalue weighted by atomic mass is 16.7. The van der Waals surface area contributed by atoms with Gasteiger partial charge in [0.2, 0.25) is 6.79 Å². The number of benzene rings is 1. The summed E-state index contributed by atoms with van der Waals surface area (Å²) in [7, 11) is 0. The highest BCUT2D eigenvalue weighted by Crippen LogP contribution is 2.37. The maximum Gasteiger partial charge on any atom is 0.231 e. The normalized spacial score (nSPS) is 15.1. The lowest BCUT2D eigenvalue weighted by Gasteiger charge is -2.16. The van der Waals surface area contributed by atoms with Gasteiger partial charge in [0.15, 0.2) is 11.5 Å². The van der Waals surface area contributed by atoms with Crippen molar-refractivity contribution in [2.75, 3.05) is 6.79 Å². The van der Waals surface area contributed by atoms with E-state index in [1.807, 2.05) is 6.07 Å². The summed E-state index contributed by atoms with van der Waals surface area (Å²) < 4.78 is 10.5. The minimum atomic E-state index is 0.232. The third-order valence-electron chi connectivity index (χ3n) is 3.04. The molecule has 0 radical (unpaired) electrons. The predicted molar refractivity (Wildman–Crippen MR) is 70.0 cm³/mol. The molecule has 0 amide bonds. The van der Waals surface area contributed by atoms with Crippen molar-refractivity contribution in [3.8, 4) is 17.2 Å². The largest absolute Gasteiger partial charge is 0.507 e. The van der Waals surface area contributed by atoms with Crippen LogP contribution in [0.25, 0.3) is 0 Å². The van der Waals surface area contributed by atoms with Crippen LogP contribution in [-0.2, 0) is 6.54 Å². The molecule has 1 unspecified atom stereocenters. The standard InChI is InChI=1S/C14H21NO3/c1-9(2)4-10(3)15-7-11-5-13-14(6-12(11)16)18-8-17-13/h5-6,9-10,15-16H,4,7-8H2,1-3H3. The van der Waals surface area contributed by atoms with Gasteiger partial charge in [-0.1, -0.05) is 13.8 Å². The highest BCUT2D eigenvalue weighted by Gasteiger charge is 2.17. The number of rotatable bonds is 5. The average molecular weight is 251 g/mol. The smallest absolute Gasteiger partial charge is 0.231 e. The first-order valence-corrected chi connectivity index (χ1v) is 6.41. The molecule has 0 bridgehead atoms. The van der Waals surface area contributed by atoms with Gasteiger partial charge in [-0.2, -0.15) is 0 Å². The Morgan fingerprint density at radius 2 is 1.89 bits per heavy atom. The third kappa shape index (κ3) is 3.07. The van der Waals surface area contributed by atoms with Crippen molar-refractivity contribution >= 4 is 0 Å². The molecule has 0 spiro atoms. The molecule has 0 fully saturated rings. The van der Waals surface area contributed by atoms with E-state index >= 15 is 0 Å². The molecule has 0 saturated carbocycles. The summed E-state index contributed by atoms with van der Waals surface area (Å²) in [6.07, 6.45) is 1.12. The van der Waals surface area contributed by atoms with Gasteiger partial charge in [-0.25, -0.2) is 0 Å². The van der Waals surface area contributed by atoms with Crippen LogP contribution in [0.3, 0.4) is 0 Å². The van der Waals surface area contributed by atoms with Crippen molar-refractivity contribution in [3.05, 3.63) is 17.7 Å². The summed E-state index contributed by atoms with van der Waals surface area (Å²) in [5, 5.41) is 13.3. The van der Waals surface area contributed by atoms with Crippen LogP contribution >= 0.6 is 0 Å². The number of hydrogen-bond donors (Lipinski definition) is 2. The van der Waals surface area contributed by atoms with E-state index in [0.29, 0.717) is 30.0 Å². The molecule has 0 aliphatic carbocycles. The Balaban J connectivity index is 1.97. The van der Waals surface area contributed by atoms with Crippen molar-refractivity contribution in [3.63, 3.8) is 0 Å². The van der Waals surface area contributed by atoms with Gasteiger partial charge < -0.3 is 19.9 Å². The zero-order valence-electron chi connectivity index (χ0n) is 11.2. The van der Waals surface area contributed by atoms with Crippen LogP contribution in [0.2, 0.25) is 0 Å². The Bertz CT molecular complexity index is 418. The number of fused-ring (bicyclic) bond motifs is 1. The van der Waals surface area contributed by atoms with E-state index in [0.717, 1.165) is 12.0 Å². The maximum atomic E-state index is 9.89. The van der Waals surface area contributed by atoms with Crippen LogP contribution in [0.4, 0.5) is 0 Å². The molecule has 2 N–H and O–H groups in total. The van der Waals surface area contributed by atoms with Gasteiger partial charge in [0.05, 0.1) is 0 Å². The van der Waals surface area contributed by atoms with Crippen molar-refractivity contribution in [1.82, 2.24) is 5.32 Å². The predicted octanol–water partition coefficient (Wildman–Crippen LogP) is 2.65. The number of phenols is 1. The first kappa shape index (κ1) is 13.0. The maximum absolute atomic E-state index is 9.89. The van der Waals surface area contributed by atoms with Crippen molar-refractivity contribution < 1.29 is 14.6 Å². The third-order valence-corrected chi connectivity index (χ3v) is 3.04. The fraction of sp³-hybridized carbons (Fsp3) is 0.571. The van der Waals surface area contributed by atoms with E-state index in [1.54, 1.807) is 6.07 Å². The molecule has 1 aromatic rings. The molecule has 4 heteroatoms. The SMILES string of the molecule is CC(C)CC(C)NCc1cc2c(cc1O)OCO2. The minimum absolute atomic E-state index is 0.232. The van der Waals surface area contributed by atoms with Gasteiger partial charge in [0.25, 0.3) is 0 Å². The molecular formula is C14H21NO3. The van der Waals surface area contributed by atoms with Crippen LogP contribution in [-0.4, -0.2) is 17.9 Å². The monoisotopic (exact) mass is 251 g/mol. The fourth-order valence-electron chi connectivity index (χ4n) is 2.19. The summed E-state index contributed by atoms with van der Waals surface area (Å²) in [6.45, 7) is 7.43. The summed E-state index contributed by atoms with van der Waals surface area (Å²) in [5.41, 5.74) is 0.842. The topological polar surface area (TPSA) is 50.7 Å². The Labute approximate surface area is 108 Å². The highest BCUT2D eigenvalue weighted by molar-refractivity contribution is 5.51. The molecule has 1 aromatic carbocycles. The number of ether oxygens (including phenoxy) is 2. The Hall–Kier alpha value is -1.42. The number of phenolic OH excluding ortho intramolecular Hbond substituents is 1. The molecule has 100 valence electrons. The van der Waals surface area contributed by atoms with Gasteiger partial charge in [0, 0.05) is 24.2 Å². The second-order valence-electron chi connectivity index (χ2n) is 5.25. The minimum Gasteiger partial charge on any atom is -0.507 e. The lowest BCUT2D eigenvalue weighted by molar-refractivity contribution is 0.174. The molecule has 1 heterocycles. The molecule has 0 saturated heterocycles. The number of aromatic hydroxyl groups is 1. The van der Waals surface area contributed by atoms with E-state index in [1.165, 1.54) is 0 Å². The number of nitrogens with one attached hydrogen (secondary N) is 1. The van der Waals surface area contributed by atoms with Crippen LogP contribution in [0, 0.1) is 5.92 Å². The average Bonchev–Trinajstić information content (AvgIpc) is 2.71. The molecule has 2 rings (SSSR count). The Morgan fingerprint density at radius 1 is 1.22 bits per heavy atom. The van der Waals surface area contributed by atoms with Gasteiger partial charge >= 0.3 is 0 Å². The van der Waals surface area contributed by atoms with E-state index in [9.17, 15) is 5.11 Å². The summed E-state index contributed by atoms with van der Waals surface area (Å²) in [6, 6.07) is 3.88. The van der Waals surface area contributed by atoms with Gasteiger partial charge in [-0.15, -0.1) is 0 Å². The molecule has 1 aliphatic heterocycles. The van der Waals surface area contributed by atoms with Crippen molar-refractivity contribution in [2.45, 2.75) is 39.8 Å². The van der Waals surface area contributed by atoms with Gasteiger partial charge in [0.1, 0.15) is 5.75 Å². The summed E-state index contributed by atoms with van der Waals surface area (Å²) in [4.78, 5) is 0. The zero-order chi connectivity index (χ0) is 13.1. The molecule has 18 heavy (non-hydrogen) atoms. The van der Waals surface area contributed by atoms with E-state index in [4.69, 9.17) is 9.47 Å². The first-order chi connectivity index (χ1) is 8.56. The lowest BCUT2D eigenvalue weighted by atomic mass is 10.0. The second kappa shape index (κ2) is 5.48. The van der Waals surface area contributed by atoms with Crippen LogP contribution in [0.1, 0.15) is 32.8 Å². The fourth-order valence-corrected chi connectivity index (χ4v) is 2.19. The molecule has 1 atom stereocenters. The van der Waals surface area contributed by atoms with Crippen LogP contribution < -0.4 is 14.8 Å². The molecule has 0 aromatic heterocycles. The van der Waals surface area contributed by atoms with Gasteiger partial charge in [-0.3, -0.25) is 0 Å². The molecule has 1 aliphatic rings. The van der Waals surface area contributed by atoms with Crippen LogP contribution in [0.15, 0.2) is 12.1 Å².